The Kier molecular flexibility index (Phi) is 6.59. The molecule has 0 amide bonds. The van der Waals surface area contributed by atoms with Crippen LogP contribution in [0.15, 0.2) is 65.2 Å². The summed E-state index contributed by atoms with van der Waals surface area (Å²) in [6.07, 6.45) is -5.59. The normalized spacial score (nSPS) is 12.6. The Morgan fingerprint density at radius 3 is 2.54 bits per heavy atom. The van der Waals surface area contributed by atoms with Crippen LogP contribution in [-0.4, -0.2) is 40.4 Å². The van der Waals surface area contributed by atoms with Crippen LogP contribution in [0.4, 0.5) is 13.2 Å². The molecule has 0 aliphatic carbocycles. The molecule has 0 spiro atoms. The number of alkyl halides is 3. The van der Waals surface area contributed by atoms with Crippen LogP contribution in [0.3, 0.4) is 0 Å². The van der Waals surface area contributed by atoms with Crippen LogP contribution in [0.25, 0.3) is 27.7 Å². The molecule has 202 valence electrons. The predicted molar refractivity (Wildman–Crippen MR) is 136 cm³/mol. The molecule has 8 nitrogen and oxygen atoms in total. The second-order valence-corrected chi connectivity index (χ2v) is 8.92. The van der Waals surface area contributed by atoms with E-state index in [2.05, 4.69) is 9.89 Å². The molecule has 2 heterocycles. The highest BCUT2D eigenvalue weighted by Crippen LogP contribution is 2.37. The molecule has 3 aromatic carbocycles. The summed E-state index contributed by atoms with van der Waals surface area (Å²) in [6.45, 7) is 3.27. The lowest BCUT2D eigenvalue weighted by Gasteiger charge is -2.12. The standard InChI is InChI=1S/C28H23F3N2O6/c1-15-22(12-17-5-4-6-19(11-17)37-16(2)27(34)35)23-13-20(38-28(29,30)31)8-10-24(23)33(15)26-21-9-7-18(36-3)14-25(21)39-32-26/h4-11,13-14,16H,12H2,1-3H3,(H,34,35)/t16-/m0/s1. The SMILES string of the molecule is COc1ccc2c(-n3c(C)c(Cc4cccc(O[C@@H](C)C(=O)O)c4)c4cc(OC(F)(F)F)ccc43)noc2c1. The van der Waals surface area contributed by atoms with E-state index < -0.39 is 18.4 Å². The number of benzene rings is 3. The molecular formula is C28H23F3N2O6. The molecule has 39 heavy (non-hydrogen) atoms. The fourth-order valence-electron chi connectivity index (χ4n) is 4.54. The lowest BCUT2D eigenvalue weighted by atomic mass is 10.0. The van der Waals surface area contributed by atoms with Gasteiger partial charge < -0.3 is 23.8 Å². The van der Waals surface area contributed by atoms with Crippen molar-refractivity contribution >= 4 is 27.8 Å². The van der Waals surface area contributed by atoms with Crippen molar-refractivity contribution in [3.8, 4) is 23.1 Å². The van der Waals surface area contributed by atoms with Crippen LogP contribution in [0.2, 0.25) is 0 Å². The number of carbonyl (C=O) groups is 1. The number of hydrogen-bond donors (Lipinski definition) is 1. The van der Waals surface area contributed by atoms with Crippen LogP contribution in [-0.2, 0) is 11.2 Å². The van der Waals surface area contributed by atoms with Crippen molar-refractivity contribution in [2.75, 3.05) is 7.11 Å². The first-order valence-electron chi connectivity index (χ1n) is 11.9. The van der Waals surface area contributed by atoms with Crippen LogP contribution in [0, 0.1) is 6.92 Å². The van der Waals surface area contributed by atoms with Crippen LogP contribution in [0.5, 0.6) is 17.2 Å². The van der Waals surface area contributed by atoms with Crippen LogP contribution in [0.1, 0.15) is 23.7 Å². The van der Waals surface area contributed by atoms with Gasteiger partial charge in [-0.25, -0.2) is 4.79 Å². The molecule has 0 fully saturated rings. The average molecular weight is 540 g/mol. The summed E-state index contributed by atoms with van der Waals surface area (Å²) in [5.74, 6) is -0.0303. The zero-order valence-corrected chi connectivity index (χ0v) is 21.1. The van der Waals surface area contributed by atoms with Gasteiger partial charge in [-0.1, -0.05) is 17.3 Å². The van der Waals surface area contributed by atoms with Crippen molar-refractivity contribution in [1.82, 2.24) is 9.72 Å². The zero-order chi connectivity index (χ0) is 27.9. The zero-order valence-electron chi connectivity index (χ0n) is 21.1. The first-order chi connectivity index (χ1) is 18.5. The fourth-order valence-corrected chi connectivity index (χ4v) is 4.54. The highest BCUT2D eigenvalue weighted by Gasteiger charge is 2.31. The maximum Gasteiger partial charge on any atom is 0.573 e. The van der Waals surface area contributed by atoms with E-state index in [4.69, 9.17) is 19.1 Å². The molecule has 2 aromatic heterocycles. The number of ether oxygens (including phenoxy) is 3. The maximum atomic E-state index is 13.0. The van der Waals surface area contributed by atoms with Gasteiger partial charge in [-0.3, -0.25) is 4.57 Å². The largest absolute Gasteiger partial charge is 0.573 e. The van der Waals surface area contributed by atoms with Gasteiger partial charge in [0.05, 0.1) is 18.0 Å². The van der Waals surface area contributed by atoms with Crippen molar-refractivity contribution in [1.29, 1.82) is 0 Å². The summed E-state index contributed by atoms with van der Waals surface area (Å²) in [7, 11) is 1.54. The Bertz CT molecular complexity index is 1690. The third-order valence-electron chi connectivity index (χ3n) is 6.35. The molecule has 0 aliphatic rings. The molecular weight excluding hydrogens is 517 g/mol. The number of carboxylic acid groups (broad SMARTS) is 1. The number of carboxylic acids is 1. The van der Waals surface area contributed by atoms with Gasteiger partial charge in [0.1, 0.15) is 17.2 Å². The van der Waals surface area contributed by atoms with E-state index in [0.29, 0.717) is 45.6 Å². The minimum Gasteiger partial charge on any atom is -0.497 e. The van der Waals surface area contributed by atoms with Gasteiger partial charge >= 0.3 is 12.3 Å². The number of aliphatic carboxylic acids is 1. The summed E-state index contributed by atoms with van der Waals surface area (Å²) < 4.78 is 61.4. The third kappa shape index (κ3) is 5.20. The van der Waals surface area contributed by atoms with Crippen LogP contribution >= 0.6 is 0 Å². The van der Waals surface area contributed by atoms with Gasteiger partial charge in [0.25, 0.3) is 0 Å². The van der Waals surface area contributed by atoms with E-state index in [0.717, 1.165) is 16.8 Å². The topological polar surface area (TPSA) is 96.0 Å². The van der Waals surface area contributed by atoms with Crippen LogP contribution < -0.4 is 14.2 Å². The van der Waals surface area contributed by atoms with Crippen molar-refractivity contribution in [2.24, 2.45) is 0 Å². The molecule has 0 saturated carbocycles. The summed E-state index contributed by atoms with van der Waals surface area (Å²) in [5.41, 5.74) is 3.32. The highest BCUT2D eigenvalue weighted by molar-refractivity contribution is 5.93. The molecule has 0 unspecified atom stereocenters. The second kappa shape index (κ2) is 9.90. The third-order valence-corrected chi connectivity index (χ3v) is 6.35. The lowest BCUT2D eigenvalue weighted by molar-refractivity contribution is -0.274. The number of methoxy groups -OCH3 is 1. The average Bonchev–Trinajstić information content (AvgIpc) is 3.40. The Morgan fingerprint density at radius 1 is 1.05 bits per heavy atom. The Morgan fingerprint density at radius 2 is 1.82 bits per heavy atom. The van der Waals surface area contributed by atoms with Crippen molar-refractivity contribution in [3.63, 3.8) is 0 Å². The Labute approximate surface area is 220 Å². The number of rotatable bonds is 8. The maximum absolute atomic E-state index is 13.0. The molecule has 11 heteroatoms. The van der Waals surface area contributed by atoms with Crippen molar-refractivity contribution in [2.45, 2.75) is 32.7 Å². The van der Waals surface area contributed by atoms with E-state index in [1.807, 2.05) is 17.6 Å². The summed E-state index contributed by atoms with van der Waals surface area (Å²) in [6, 6.07) is 16.3. The Balaban J connectivity index is 1.65. The van der Waals surface area contributed by atoms with Gasteiger partial charge in [-0.05, 0) is 73.9 Å². The van der Waals surface area contributed by atoms with E-state index in [-0.39, 0.29) is 5.75 Å². The number of hydrogen-bond acceptors (Lipinski definition) is 6. The molecule has 5 rings (SSSR count). The van der Waals surface area contributed by atoms with Crippen molar-refractivity contribution < 1.29 is 41.8 Å². The minimum atomic E-state index is -4.85. The first kappa shape index (κ1) is 26.0. The first-order valence-corrected chi connectivity index (χ1v) is 11.9. The Hall–Kier alpha value is -4.67. The van der Waals surface area contributed by atoms with Gasteiger partial charge in [0, 0.05) is 17.1 Å². The highest BCUT2D eigenvalue weighted by atomic mass is 19.4. The molecule has 1 N–H and O–H groups in total. The second-order valence-electron chi connectivity index (χ2n) is 8.92. The van der Waals surface area contributed by atoms with Crippen molar-refractivity contribution in [3.05, 3.63) is 77.5 Å². The van der Waals surface area contributed by atoms with E-state index >= 15 is 0 Å². The summed E-state index contributed by atoms with van der Waals surface area (Å²) in [4.78, 5) is 11.2. The molecule has 1 atom stereocenters. The van der Waals surface area contributed by atoms with E-state index in [1.165, 1.54) is 26.2 Å². The van der Waals surface area contributed by atoms with Gasteiger partial charge in [-0.2, -0.15) is 0 Å². The van der Waals surface area contributed by atoms with E-state index in [9.17, 15) is 18.0 Å². The number of fused-ring (bicyclic) bond motifs is 2. The molecule has 0 radical (unpaired) electrons. The summed E-state index contributed by atoms with van der Waals surface area (Å²) in [5, 5.41) is 14.7. The predicted octanol–water partition coefficient (Wildman–Crippen LogP) is 6.43. The number of halogens is 3. The van der Waals surface area contributed by atoms with Gasteiger partial charge in [0.15, 0.2) is 17.5 Å². The van der Waals surface area contributed by atoms with E-state index in [1.54, 1.807) is 42.5 Å². The smallest absolute Gasteiger partial charge is 0.497 e. The number of nitrogens with zero attached hydrogens (tertiary/aromatic N) is 2. The van der Waals surface area contributed by atoms with Gasteiger partial charge in [-0.15, -0.1) is 13.2 Å². The molecule has 0 aliphatic heterocycles. The minimum absolute atomic E-state index is 0.313. The lowest BCUT2D eigenvalue weighted by Crippen LogP contribution is -2.22. The molecule has 5 aromatic rings. The molecule has 0 saturated heterocycles. The quantitative estimate of drug-likeness (QED) is 0.242. The fraction of sp³-hybridized carbons (Fsp3) is 0.214. The summed E-state index contributed by atoms with van der Waals surface area (Å²) >= 11 is 0. The monoisotopic (exact) mass is 540 g/mol. The van der Waals surface area contributed by atoms with Gasteiger partial charge in [0.2, 0.25) is 0 Å². The molecule has 0 bridgehead atoms. The number of aromatic nitrogens is 2.